The van der Waals surface area contributed by atoms with Crippen molar-refractivity contribution < 1.29 is 8.42 Å². The summed E-state index contributed by atoms with van der Waals surface area (Å²) in [6, 6.07) is 1.71. The molecule has 0 fully saturated rings. The predicted octanol–water partition coefficient (Wildman–Crippen LogP) is 1.70. The minimum absolute atomic E-state index is 0.0674. The molecule has 7 heteroatoms. The topological polar surface area (TPSA) is 59.9 Å². The maximum Gasteiger partial charge on any atom is 0.197 e. The van der Waals surface area contributed by atoms with E-state index in [-0.39, 0.29) is 16.7 Å². The zero-order chi connectivity index (χ0) is 10.9. The first-order valence-electron chi connectivity index (χ1n) is 4.12. The monoisotopic (exact) mass is 262 g/mol. The number of hydrogen-bond acceptors (Lipinski definition) is 5. The Bertz CT molecular complexity index is 579. The van der Waals surface area contributed by atoms with Crippen molar-refractivity contribution in [3.8, 4) is 0 Å². The van der Waals surface area contributed by atoms with Crippen LogP contribution in [-0.2, 0) is 9.84 Å². The molecule has 80 valence electrons. The van der Waals surface area contributed by atoms with Crippen LogP contribution in [0.3, 0.4) is 0 Å². The molecule has 0 bridgehead atoms. The van der Waals surface area contributed by atoms with E-state index in [1.54, 1.807) is 11.4 Å². The van der Waals surface area contributed by atoms with Crippen LogP contribution >= 0.6 is 22.9 Å². The van der Waals surface area contributed by atoms with E-state index < -0.39 is 9.84 Å². The van der Waals surface area contributed by atoms with Crippen LogP contribution in [0.5, 0.6) is 0 Å². The largest absolute Gasteiger partial charge is 0.225 e. The van der Waals surface area contributed by atoms with Crippen molar-refractivity contribution in [3.63, 3.8) is 0 Å². The molecule has 4 nitrogen and oxygen atoms in total. The van der Waals surface area contributed by atoms with Gasteiger partial charge in [-0.15, -0.1) is 22.9 Å². The molecule has 0 aliphatic carbocycles. The molecule has 0 aliphatic heterocycles. The predicted molar refractivity (Wildman–Crippen MR) is 60.2 cm³/mol. The van der Waals surface area contributed by atoms with Crippen LogP contribution in [0, 0.1) is 0 Å². The second kappa shape index (κ2) is 4.03. The van der Waals surface area contributed by atoms with Gasteiger partial charge in [-0.25, -0.2) is 18.4 Å². The highest BCUT2D eigenvalue weighted by Gasteiger charge is 2.19. The molecule has 15 heavy (non-hydrogen) atoms. The summed E-state index contributed by atoms with van der Waals surface area (Å²) in [5.74, 6) is -0.0333. The average Bonchev–Trinajstić information content (AvgIpc) is 2.64. The van der Waals surface area contributed by atoms with Crippen molar-refractivity contribution in [1.82, 2.24) is 9.97 Å². The molecule has 0 saturated carbocycles. The molecule has 2 aromatic heterocycles. The summed E-state index contributed by atoms with van der Waals surface area (Å²) < 4.78 is 23.5. The smallest absolute Gasteiger partial charge is 0.197 e. The van der Waals surface area contributed by atoms with Gasteiger partial charge in [-0.1, -0.05) is 0 Å². The summed E-state index contributed by atoms with van der Waals surface area (Å²) in [5.41, 5.74) is 0. The summed E-state index contributed by atoms with van der Waals surface area (Å²) in [5, 5.41) is 2.45. The number of aromatic nitrogens is 2. The first-order chi connectivity index (χ1) is 7.15. The van der Waals surface area contributed by atoms with Crippen LogP contribution in [-0.4, -0.2) is 30.0 Å². The molecule has 0 amide bonds. The van der Waals surface area contributed by atoms with Crippen molar-refractivity contribution in [1.29, 1.82) is 0 Å². The average molecular weight is 263 g/mol. The van der Waals surface area contributed by atoms with Gasteiger partial charge in [-0.05, 0) is 11.4 Å². The molecule has 0 N–H and O–H groups in total. The van der Waals surface area contributed by atoms with E-state index in [9.17, 15) is 8.42 Å². The zero-order valence-electron chi connectivity index (χ0n) is 7.55. The SMILES string of the molecule is O=S(=O)(CCCl)c1ncnc2sccc12. The maximum absolute atomic E-state index is 11.8. The van der Waals surface area contributed by atoms with Crippen LogP contribution < -0.4 is 0 Å². The lowest BCUT2D eigenvalue weighted by atomic mass is 10.4. The summed E-state index contributed by atoms with van der Waals surface area (Å²) in [6.45, 7) is 0. The number of hydrogen-bond donors (Lipinski definition) is 0. The fraction of sp³-hybridized carbons (Fsp3) is 0.250. The number of nitrogens with zero attached hydrogens (tertiary/aromatic N) is 2. The standard InChI is InChI=1S/C8H7ClN2O2S2/c9-2-4-15(12,13)8-6-1-3-14-7(6)10-5-11-8/h1,3,5H,2,4H2. The highest BCUT2D eigenvalue weighted by atomic mass is 35.5. The Morgan fingerprint density at radius 1 is 1.40 bits per heavy atom. The fourth-order valence-corrected chi connectivity index (χ4v) is 3.72. The Morgan fingerprint density at radius 3 is 2.93 bits per heavy atom. The zero-order valence-corrected chi connectivity index (χ0v) is 9.94. The molecule has 0 aliphatic rings. The molecule has 0 unspecified atom stereocenters. The van der Waals surface area contributed by atoms with Gasteiger partial charge in [0.2, 0.25) is 0 Å². The van der Waals surface area contributed by atoms with Crippen LogP contribution in [0.4, 0.5) is 0 Å². The summed E-state index contributed by atoms with van der Waals surface area (Å²) in [6.07, 6.45) is 1.26. The summed E-state index contributed by atoms with van der Waals surface area (Å²) in [4.78, 5) is 8.48. The second-order valence-electron chi connectivity index (χ2n) is 2.83. The Hall–Kier alpha value is -0.720. The Morgan fingerprint density at radius 2 is 2.20 bits per heavy atom. The lowest BCUT2D eigenvalue weighted by Gasteiger charge is -2.01. The van der Waals surface area contributed by atoms with Crippen molar-refractivity contribution in [2.45, 2.75) is 5.03 Å². The maximum atomic E-state index is 11.8. The van der Waals surface area contributed by atoms with Gasteiger partial charge in [0.25, 0.3) is 0 Å². The molecule has 2 aromatic rings. The third-order valence-corrected chi connectivity index (χ3v) is 4.76. The van der Waals surface area contributed by atoms with Crippen molar-refractivity contribution in [2.75, 3.05) is 11.6 Å². The normalized spacial score (nSPS) is 12.1. The van der Waals surface area contributed by atoms with E-state index in [0.29, 0.717) is 10.2 Å². The number of fused-ring (bicyclic) bond motifs is 1. The van der Waals surface area contributed by atoms with E-state index in [4.69, 9.17) is 11.6 Å². The Kier molecular flexibility index (Phi) is 2.90. The minimum Gasteiger partial charge on any atom is -0.225 e. The number of halogens is 1. The van der Waals surface area contributed by atoms with Gasteiger partial charge in [0.05, 0.1) is 5.75 Å². The number of rotatable bonds is 3. The van der Waals surface area contributed by atoms with Crippen LogP contribution in [0.1, 0.15) is 0 Å². The van der Waals surface area contributed by atoms with Crippen molar-refractivity contribution in [3.05, 3.63) is 17.8 Å². The molecule has 0 aromatic carbocycles. The molecule has 0 atom stereocenters. The van der Waals surface area contributed by atoms with Crippen molar-refractivity contribution in [2.24, 2.45) is 0 Å². The second-order valence-corrected chi connectivity index (χ2v) is 6.12. The summed E-state index contributed by atoms with van der Waals surface area (Å²) in [7, 11) is -3.38. The molecule has 2 rings (SSSR count). The van der Waals surface area contributed by atoms with Crippen LogP contribution in [0.15, 0.2) is 22.8 Å². The van der Waals surface area contributed by atoms with E-state index in [2.05, 4.69) is 9.97 Å². The van der Waals surface area contributed by atoms with E-state index in [1.165, 1.54) is 17.7 Å². The van der Waals surface area contributed by atoms with E-state index in [1.807, 2.05) is 0 Å². The first-order valence-corrected chi connectivity index (χ1v) is 7.19. The van der Waals surface area contributed by atoms with Crippen LogP contribution in [0.2, 0.25) is 0 Å². The fourth-order valence-electron chi connectivity index (χ4n) is 1.21. The lowest BCUT2D eigenvalue weighted by molar-refractivity contribution is 0.595. The highest BCUT2D eigenvalue weighted by Crippen LogP contribution is 2.24. The number of alkyl halides is 1. The number of thiophene rings is 1. The first kappa shape index (κ1) is 10.8. The van der Waals surface area contributed by atoms with Gasteiger partial charge in [0.1, 0.15) is 11.2 Å². The molecule has 0 spiro atoms. The van der Waals surface area contributed by atoms with Gasteiger partial charge in [-0.2, -0.15) is 0 Å². The lowest BCUT2D eigenvalue weighted by Crippen LogP contribution is -2.10. The summed E-state index contributed by atoms with van der Waals surface area (Å²) >= 11 is 6.83. The quantitative estimate of drug-likeness (QED) is 0.624. The highest BCUT2D eigenvalue weighted by molar-refractivity contribution is 7.91. The van der Waals surface area contributed by atoms with Gasteiger partial charge in [0, 0.05) is 11.3 Å². The van der Waals surface area contributed by atoms with Gasteiger partial charge >= 0.3 is 0 Å². The minimum atomic E-state index is -3.38. The molecule has 0 saturated heterocycles. The molecule has 2 heterocycles. The molecular formula is C8H7ClN2O2S2. The number of sulfone groups is 1. The Balaban J connectivity index is 2.66. The van der Waals surface area contributed by atoms with E-state index in [0.717, 1.165) is 0 Å². The van der Waals surface area contributed by atoms with Crippen molar-refractivity contribution >= 4 is 43.0 Å². The Labute approximate surface area is 95.9 Å². The van der Waals surface area contributed by atoms with Crippen LogP contribution in [0.25, 0.3) is 10.2 Å². The molecule has 0 radical (unpaired) electrons. The van der Waals surface area contributed by atoms with Gasteiger partial charge < -0.3 is 0 Å². The molecular weight excluding hydrogens is 256 g/mol. The van der Waals surface area contributed by atoms with Gasteiger partial charge in [0.15, 0.2) is 14.9 Å². The van der Waals surface area contributed by atoms with Gasteiger partial charge in [-0.3, -0.25) is 0 Å². The third kappa shape index (κ3) is 1.97. The third-order valence-electron chi connectivity index (χ3n) is 1.87. The van der Waals surface area contributed by atoms with E-state index >= 15 is 0 Å².